The SMILES string of the molecule is C=Cc1nnc(C)n1/C=C(/c1nc2ccncc2[nH]1)[C@H](C)CC. The first-order chi connectivity index (χ1) is 11.1. The smallest absolute Gasteiger partial charge is 0.160 e. The van der Waals surface area contributed by atoms with Gasteiger partial charge in [0.15, 0.2) is 5.82 Å². The van der Waals surface area contributed by atoms with Crippen LogP contribution in [0, 0.1) is 12.8 Å². The van der Waals surface area contributed by atoms with Gasteiger partial charge in [0.05, 0.1) is 17.2 Å². The molecule has 6 heteroatoms. The molecule has 0 aliphatic carbocycles. The normalized spacial score (nSPS) is 13.4. The number of nitrogens with zero attached hydrogens (tertiary/aromatic N) is 5. The van der Waals surface area contributed by atoms with Crippen molar-refractivity contribution in [2.75, 3.05) is 0 Å². The van der Waals surface area contributed by atoms with Crippen LogP contribution in [0.4, 0.5) is 0 Å². The van der Waals surface area contributed by atoms with Gasteiger partial charge < -0.3 is 4.98 Å². The van der Waals surface area contributed by atoms with E-state index in [0.717, 1.165) is 40.5 Å². The number of aryl methyl sites for hydroxylation is 1. The topological polar surface area (TPSA) is 72.3 Å². The minimum absolute atomic E-state index is 0.336. The van der Waals surface area contributed by atoms with Crippen molar-refractivity contribution in [1.82, 2.24) is 29.7 Å². The second-order valence-corrected chi connectivity index (χ2v) is 5.55. The Balaban J connectivity index is 2.16. The van der Waals surface area contributed by atoms with Gasteiger partial charge in [0.1, 0.15) is 11.6 Å². The number of rotatable bonds is 5. The van der Waals surface area contributed by atoms with E-state index >= 15 is 0 Å². The van der Waals surface area contributed by atoms with Gasteiger partial charge in [0, 0.05) is 18.0 Å². The Hall–Kier alpha value is -2.76. The Morgan fingerprint density at radius 2 is 2.26 bits per heavy atom. The molecule has 0 bridgehead atoms. The van der Waals surface area contributed by atoms with Crippen molar-refractivity contribution in [2.45, 2.75) is 27.2 Å². The van der Waals surface area contributed by atoms with E-state index in [4.69, 9.17) is 4.98 Å². The zero-order valence-corrected chi connectivity index (χ0v) is 13.6. The monoisotopic (exact) mass is 308 g/mol. The fourth-order valence-electron chi connectivity index (χ4n) is 2.46. The van der Waals surface area contributed by atoms with E-state index in [2.05, 4.69) is 40.6 Å². The Morgan fingerprint density at radius 3 is 2.96 bits per heavy atom. The summed E-state index contributed by atoms with van der Waals surface area (Å²) in [6, 6.07) is 1.91. The van der Waals surface area contributed by atoms with E-state index in [-0.39, 0.29) is 0 Å². The van der Waals surface area contributed by atoms with Crippen molar-refractivity contribution in [3.8, 4) is 0 Å². The van der Waals surface area contributed by atoms with E-state index in [1.165, 1.54) is 0 Å². The van der Waals surface area contributed by atoms with E-state index in [1.807, 2.05) is 23.8 Å². The summed E-state index contributed by atoms with van der Waals surface area (Å²) in [7, 11) is 0. The van der Waals surface area contributed by atoms with Crippen LogP contribution in [0.2, 0.25) is 0 Å². The molecule has 0 fully saturated rings. The molecule has 23 heavy (non-hydrogen) atoms. The van der Waals surface area contributed by atoms with E-state index in [9.17, 15) is 0 Å². The highest BCUT2D eigenvalue weighted by atomic mass is 15.3. The highest BCUT2D eigenvalue weighted by molar-refractivity contribution is 5.81. The zero-order valence-electron chi connectivity index (χ0n) is 13.6. The molecule has 0 saturated carbocycles. The predicted octanol–water partition coefficient (Wildman–Crippen LogP) is 3.55. The van der Waals surface area contributed by atoms with Gasteiger partial charge in [-0.15, -0.1) is 10.2 Å². The lowest BCUT2D eigenvalue weighted by atomic mass is 9.99. The zero-order chi connectivity index (χ0) is 16.4. The average Bonchev–Trinajstić information content (AvgIpc) is 3.15. The quantitative estimate of drug-likeness (QED) is 0.782. The highest BCUT2D eigenvalue weighted by Crippen LogP contribution is 2.27. The molecule has 1 N–H and O–H groups in total. The molecular weight excluding hydrogens is 288 g/mol. The molecule has 0 aromatic carbocycles. The summed E-state index contributed by atoms with van der Waals surface area (Å²) >= 11 is 0. The molecule has 3 aromatic heterocycles. The van der Waals surface area contributed by atoms with Gasteiger partial charge in [0.2, 0.25) is 0 Å². The predicted molar refractivity (Wildman–Crippen MR) is 92.4 cm³/mol. The maximum absolute atomic E-state index is 4.70. The molecule has 0 saturated heterocycles. The lowest BCUT2D eigenvalue weighted by molar-refractivity contribution is 0.712. The van der Waals surface area contributed by atoms with Crippen molar-refractivity contribution in [3.05, 3.63) is 42.5 Å². The lowest BCUT2D eigenvalue weighted by Gasteiger charge is -2.13. The summed E-state index contributed by atoms with van der Waals surface area (Å²) in [4.78, 5) is 12.2. The van der Waals surface area contributed by atoms with Crippen LogP contribution in [0.3, 0.4) is 0 Å². The molecule has 118 valence electrons. The van der Waals surface area contributed by atoms with Gasteiger partial charge in [-0.25, -0.2) is 4.98 Å². The summed E-state index contributed by atoms with van der Waals surface area (Å²) < 4.78 is 1.94. The maximum atomic E-state index is 4.70. The molecule has 3 heterocycles. The summed E-state index contributed by atoms with van der Waals surface area (Å²) in [5.41, 5.74) is 2.95. The second kappa shape index (κ2) is 6.16. The number of allylic oxidation sites excluding steroid dienone is 1. The second-order valence-electron chi connectivity index (χ2n) is 5.55. The third kappa shape index (κ3) is 2.79. The third-order valence-corrected chi connectivity index (χ3v) is 4.04. The summed E-state index contributed by atoms with van der Waals surface area (Å²) in [5, 5.41) is 8.24. The molecule has 0 aliphatic heterocycles. The standard InChI is InChI=1S/C17H20N6/c1-5-11(3)13(10-23-12(4)21-22-16(23)6-2)17-19-14-7-8-18-9-15(14)20-17/h6-11H,2,5H2,1,3-4H3,(H,19,20)/b13-10+/t11-/m1/s1. The fraction of sp³-hybridized carbons (Fsp3) is 0.294. The summed E-state index contributed by atoms with van der Waals surface area (Å²) in [6.45, 7) is 10.1. The lowest BCUT2D eigenvalue weighted by Crippen LogP contribution is -2.03. The van der Waals surface area contributed by atoms with Crippen LogP contribution >= 0.6 is 0 Å². The summed E-state index contributed by atoms with van der Waals surface area (Å²) in [5.74, 6) is 2.73. The number of H-pyrrole nitrogens is 1. The van der Waals surface area contributed by atoms with E-state index in [0.29, 0.717) is 5.92 Å². The molecule has 0 aliphatic rings. The van der Waals surface area contributed by atoms with Crippen LogP contribution in [0.15, 0.2) is 25.0 Å². The fourth-order valence-corrected chi connectivity index (χ4v) is 2.46. The minimum Gasteiger partial charge on any atom is -0.337 e. The van der Waals surface area contributed by atoms with Crippen molar-refractivity contribution in [3.63, 3.8) is 0 Å². The van der Waals surface area contributed by atoms with Crippen LogP contribution in [0.25, 0.3) is 28.9 Å². The van der Waals surface area contributed by atoms with Gasteiger partial charge in [-0.3, -0.25) is 9.55 Å². The number of nitrogens with one attached hydrogen (secondary N) is 1. The third-order valence-electron chi connectivity index (χ3n) is 4.04. The van der Waals surface area contributed by atoms with Crippen LogP contribution < -0.4 is 0 Å². The highest BCUT2D eigenvalue weighted by Gasteiger charge is 2.16. The van der Waals surface area contributed by atoms with Gasteiger partial charge in [-0.05, 0) is 31.4 Å². The van der Waals surface area contributed by atoms with Gasteiger partial charge >= 0.3 is 0 Å². The number of aromatic nitrogens is 6. The van der Waals surface area contributed by atoms with Crippen LogP contribution in [0.1, 0.15) is 37.7 Å². The number of fused-ring (bicyclic) bond motifs is 1. The Bertz CT molecular complexity index is 837. The van der Waals surface area contributed by atoms with Gasteiger partial charge in [-0.2, -0.15) is 0 Å². The molecule has 3 rings (SSSR count). The number of pyridine rings is 1. The maximum Gasteiger partial charge on any atom is 0.160 e. The first-order valence-corrected chi connectivity index (χ1v) is 7.69. The molecule has 1 atom stereocenters. The number of aromatic amines is 1. The van der Waals surface area contributed by atoms with Gasteiger partial charge in [0.25, 0.3) is 0 Å². The minimum atomic E-state index is 0.336. The molecule has 0 amide bonds. The number of hydrogen-bond acceptors (Lipinski definition) is 4. The van der Waals surface area contributed by atoms with E-state index in [1.54, 1.807) is 18.5 Å². The van der Waals surface area contributed by atoms with Crippen molar-refractivity contribution in [1.29, 1.82) is 0 Å². The largest absolute Gasteiger partial charge is 0.337 e. The van der Waals surface area contributed by atoms with E-state index < -0.39 is 0 Å². The summed E-state index contributed by atoms with van der Waals surface area (Å²) in [6.07, 6.45) is 8.29. The van der Waals surface area contributed by atoms with Crippen molar-refractivity contribution >= 4 is 28.9 Å². The Kier molecular flexibility index (Phi) is 4.06. The Morgan fingerprint density at radius 1 is 1.43 bits per heavy atom. The molecular formula is C17H20N6. The molecule has 6 nitrogen and oxygen atoms in total. The first-order valence-electron chi connectivity index (χ1n) is 7.69. The van der Waals surface area contributed by atoms with Crippen LogP contribution in [-0.4, -0.2) is 29.7 Å². The Labute approximate surface area is 135 Å². The molecule has 0 spiro atoms. The van der Waals surface area contributed by atoms with Crippen LogP contribution in [0.5, 0.6) is 0 Å². The molecule has 3 aromatic rings. The molecule has 0 unspecified atom stereocenters. The molecule has 0 radical (unpaired) electrons. The van der Waals surface area contributed by atoms with Crippen LogP contribution in [-0.2, 0) is 0 Å². The number of hydrogen-bond donors (Lipinski definition) is 1. The first kappa shape index (κ1) is 15.1. The van der Waals surface area contributed by atoms with Gasteiger partial charge in [-0.1, -0.05) is 20.4 Å². The number of imidazole rings is 1. The average molecular weight is 308 g/mol. The van der Waals surface area contributed by atoms with Crippen molar-refractivity contribution < 1.29 is 0 Å². The van der Waals surface area contributed by atoms with Crippen molar-refractivity contribution in [2.24, 2.45) is 5.92 Å².